The number of ether oxygens (including phenoxy) is 2. The Balaban J connectivity index is 1.64. The van der Waals surface area contributed by atoms with Gasteiger partial charge in [-0.2, -0.15) is 4.72 Å². The highest BCUT2D eigenvalue weighted by Crippen LogP contribution is 2.33. The average molecular weight is 496 g/mol. The Hall–Kier alpha value is -3.15. The van der Waals surface area contributed by atoms with E-state index < -0.39 is 46.6 Å². The monoisotopic (exact) mass is 495 g/mol. The molecular weight excluding hydrogens is 474 g/mol. The summed E-state index contributed by atoms with van der Waals surface area (Å²) in [7, 11) is -2.55. The van der Waals surface area contributed by atoms with Crippen LogP contribution in [0.2, 0.25) is 5.02 Å². The Bertz CT molecular complexity index is 1150. The summed E-state index contributed by atoms with van der Waals surface area (Å²) in [6, 6.07) is 10.8. The van der Waals surface area contributed by atoms with Gasteiger partial charge in [-0.05, 0) is 43.3 Å². The number of carbonyl (C=O) groups excluding carboxylic acids is 3. The number of sulfonamides is 1. The summed E-state index contributed by atoms with van der Waals surface area (Å²) >= 11 is 5.76. The SMILES string of the molecule is CNC(=O)C1CN(C(=O)COC(=O)[C@H](C)NS(=O)(=O)c2ccc(Cl)cc2)c2ccccc2O1. The molecule has 1 heterocycles. The number of fused-ring (bicyclic) bond motifs is 1. The van der Waals surface area contributed by atoms with Crippen LogP contribution in [0.4, 0.5) is 5.69 Å². The van der Waals surface area contributed by atoms with Gasteiger partial charge in [0.25, 0.3) is 11.8 Å². The van der Waals surface area contributed by atoms with Gasteiger partial charge >= 0.3 is 5.97 Å². The van der Waals surface area contributed by atoms with Crippen LogP contribution in [0.1, 0.15) is 6.92 Å². The van der Waals surface area contributed by atoms with Gasteiger partial charge < -0.3 is 19.7 Å². The summed E-state index contributed by atoms with van der Waals surface area (Å²) in [5.41, 5.74) is 0.426. The summed E-state index contributed by atoms with van der Waals surface area (Å²) in [5.74, 6) is -1.61. The molecule has 0 radical (unpaired) electrons. The normalized spacial score (nSPS) is 16.2. The zero-order valence-corrected chi connectivity index (χ0v) is 19.4. The van der Waals surface area contributed by atoms with Gasteiger partial charge in [-0.1, -0.05) is 23.7 Å². The fraction of sp³-hybridized carbons (Fsp3) is 0.286. The molecular formula is C21H22ClN3O7S. The van der Waals surface area contributed by atoms with Crippen molar-refractivity contribution >= 4 is 45.1 Å². The van der Waals surface area contributed by atoms with Crippen molar-refractivity contribution in [2.24, 2.45) is 0 Å². The fourth-order valence-corrected chi connectivity index (χ4v) is 4.38. The van der Waals surface area contributed by atoms with Gasteiger partial charge in [-0.25, -0.2) is 8.42 Å². The molecule has 2 N–H and O–H groups in total. The summed E-state index contributed by atoms with van der Waals surface area (Å²) < 4.78 is 37.7. The Kier molecular flexibility index (Phi) is 7.57. The number of hydrogen-bond donors (Lipinski definition) is 2. The number of benzene rings is 2. The van der Waals surface area contributed by atoms with E-state index >= 15 is 0 Å². The largest absolute Gasteiger partial charge is 0.477 e. The lowest BCUT2D eigenvalue weighted by Crippen LogP contribution is -2.51. The maximum Gasteiger partial charge on any atom is 0.324 e. The van der Waals surface area contributed by atoms with Gasteiger partial charge in [-0.3, -0.25) is 14.4 Å². The molecule has 0 saturated carbocycles. The molecule has 33 heavy (non-hydrogen) atoms. The van der Waals surface area contributed by atoms with E-state index in [4.69, 9.17) is 21.1 Å². The molecule has 2 atom stereocenters. The van der Waals surface area contributed by atoms with Gasteiger partial charge in [-0.15, -0.1) is 0 Å². The average Bonchev–Trinajstić information content (AvgIpc) is 2.80. The summed E-state index contributed by atoms with van der Waals surface area (Å²) in [4.78, 5) is 38.4. The third-order valence-corrected chi connectivity index (χ3v) is 6.57. The molecule has 12 heteroatoms. The first-order chi connectivity index (χ1) is 15.6. The van der Waals surface area contributed by atoms with Crippen molar-refractivity contribution in [2.75, 3.05) is 25.1 Å². The van der Waals surface area contributed by atoms with E-state index in [2.05, 4.69) is 10.0 Å². The van der Waals surface area contributed by atoms with Crippen LogP contribution in [-0.4, -0.2) is 58.5 Å². The zero-order valence-electron chi connectivity index (χ0n) is 17.8. The number of hydrogen-bond acceptors (Lipinski definition) is 7. The van der Waals surface area contributed by atoms with Crippen LogP contribution in [-0.2, 0) is 29.1 Å². The van der Waals surface area contributed by atoms with Crippen LogP contribution in [0.15, 0.2) is 53.4 Å². The van der Waals surface area contributed by atoms with Crippen molar-refractivity contribution in [3.63, 3.8) is 0 Å². The Morgan fingerprint density at radius 1 is 1.18 bits per heavy atom. The first kappa shape index (κ1) is 24.5. The minimum Gasteiger partial charge on any atom is -0.477 e. The molecule has 176 valence electrons. The Morgan fingerprint density at radius 3 is 2.52 bits per heavy atom. The van der Waals surface area contributed by atoms with E-state index in [0.29, 0.717) is 16.5 Å². The maximum atomic E-state index is 12.8. The van der Waals surface area contributed by atoms with Gasteiger partial charge in [0.15, 0.2) is 12.7 Å². The van der Waals surface area contributed by atoms with Crippen LogP contribution in [0.25, 0.3) is 0 Å². The third kappa shape index (κ3) is 5.81. The highest BCUT2D eigenvalue weighted by atomic mass is 35.5. The number of nitrogens with zero attached hydrogens (tertiary/aromatic N) is 1. The standard InChI is InChI=1S/C21H22ClN3O7S/c1-13(24-33(29,30)15-9-7-14(22)8-10-15)21(28)31-12-19(26)25-11-18(20(27)23-2)32-17-6-4-3-5-16(17)25/h3-10,13,18,24H,11-12H2,1-2H3,(H,23,27)/t13-,18?/m0/s1. The van der Waals surface area contributed by atoms with Crippen molar-refractivity contribution in [1.29, 1.82) is 0 Å². The number of carbonyl (C=O) groups is 3. The van der Waals surface area contributed by atoms with E-state index in [1.165, 1.54) is 43.1 Å². The number of esters is 1. The number of likely N-dealkylation sites (N-methyl/N-ethyl adjacent to an activating group) is 1. The molecule has 1 aliphatic rings. The molecule has 0 spiro atoms. The highest BCUT2D eigenvalue weighted by Gasteiger charge is 2.34. The summed E-state index contributed by atoms with van der Waals surface area (Å²) in [6.07, 6.45) is -0.935. The number of amides is 2. The fourth-order valence-electron chi connectivity index (χ4n) is 3.07. The number of nitrogens with one attached hydrogen (secondary N) is 2. The van der Waals surface area contributed by atoms with Crippen LogP contribution < -0.4 is 19.7 Å². The van der Waals surface area contributed by atoms with Crippen LogP contribution in [0, 0.1) is 0 Å². The first-order valence-corrected chi connectivity index (χ1v) is 11.7. The quantitative estimate of drug-likeness (QED) is 0.549. The number of para-hydroxylation sites is 2. The van der Waals surface area contributed by atoms with Crippen LogP contribution in [0.5, 0.6) is 5.75 Å². The van der Waals surface area contributed by atoms with E-state index in [1.807, 2.05) is 0 Å². The molecule has 0 bridgehead atoms. The van der Waals surface area contributed by atoms with Crippen LogP contribution in [0.3, 0.4) is 0 Å². The second-order valence-corrected chi connectivity index (χ2v) is 9.25. The van der Waals surface area contributed by atoms with Crippen molar-refractivity contribution in [2.45, 2.75) is 24.0 Å². The lowest BCUT2D eigenvalue weighted by molar-refractivity contribution is -0.149. The minimum atomic E-state index is -4.01. The van der Waals surface area contributed by atoms with Crippen molar-refractivity contribution < 1.29 is 32.3 Å². The maximum absolute atomic E-state index is 12.8. The Labute approximate surface area is 195 Å². The van der Waals surface area contributed by atoms with Gasteiger partial charge in [0.05, 0.1) is 17.1 Å². The molecule has 2 aromatic carbocycles. The minimum absolute atomic E-state index is 0.0761. The molecule has 0 aromatic heterocycles. The Morgan fingerprint density at radius 2 is 1.85 bits per heavy atom. The first-order valence-electron chi connectivity index (χ1n) is 9.84. The zero-order chi connectivity index (χ0) is 24.2. The van der Waals surface area contributed by atoms with E-state index in [-0.39, 0.29) is 11.4 Å². The molecule has 1 unspecified atom stereocenters. The van der Waals surface area contributed by atoms with Gasteiger partial charge in [0.2, 0.25) is 10.0 Å². The van der Waals surface area contributed by atoms with Crippen molar-refractivity contribution in [1.82, 2.24) is 10.0 Å². The van der Waals surface area contributed by atoms with Crippen molar-refractivity contribution in [3.8, 4) is 5.75 Å². The smallest absolute Gasteiger partial charge is 0.324 e. The third-order valence-electron chi connectivity index (χ3n) is 4.76. The predicted octanol–water partition coefficient (Wildman–Crippen LogP) is 1.09. The lowest BCUT2D eigenvalue weighted by Gasteiger charge is -2.33. The second-order valence-electron chi connectivity index (χ2n) is 7.10. The number of rotatable bonds is 7. The van der Waals surface area contributed by atoms with Gasteiger partial charge in [0.1, 0.15) is 11.8 Å². The molecule has 2 aromatic rings. The van der Waals surface area contributed by atoms with E-state index in [1.54, 1.807) is 24.3 Å². The van der Waals surface area contributed by atoms with Crippen LogP contribution >= 0.6 is 11.6 Å². The molecule has 1 aliphatic heterocycles. The highest BCUT2D eigenvalue weighted by molar-refractivity contribution is 7.89. The van der Waals surface area contributed by atoms with E-state index in [0.717, 1.165) is 0 Å². The van der Waals surface area contributed by atoms with Crippen molar-refractivity contribution in [3.05, 3.63) is 53.6 Å². The number of halogens is 1. The summed E-state index contributed by atoms with van der Waals surface area (Å²) in [5, 5.41) is 2.83. The number of anilines is 1. The molecule has 0 saturated heterocycles. The lowest BCUT2D eigenvalue weighted by atomic mass is 10.1. The summed E-state index contributed by atoms with van der Waals surface area (Å²) in [6.45, 7) is 0.568. The van der Waals surface area contributed by atoms with Gasteiger partial charge in [0, 0.05) is 12.1 Å². The van der Waals surface area contributed by atoms with E-state index in [9.17, 15) is 22.8 Å². The predicted molar refractivity (Wildman–Crippen MR) is 119 cm³/mol. The molecule has 0 aliphatic carbocycles. The molecule has 2 amide bonds. The molecule has 0 fully saturated rings. The molecule has 3 rings (SSSR count). The second kappa shape index (κ2) is 10.2. The topological polar surface area (TPSA) is 131 Å². The molecule has 10 nitrogen and oxygen atoms in total.